The van der Waals surface area contributed by atoms with E-state index in [0.29, 0.717) is 36.4 Å². The summed E-state index contributed by atoms with van der Waals surface area (Å²) in [4.78, 5) is 34.0. The fraction of sp³-hybridized carbons (Fsp3) is 0.476. The number of piperidine rings is 1. The van der Waals surface area contributed by atoms with Crippen molar-refractivity contribution in [3.8, 4) is 0 Å². The summed E-state index contributed by atoms with van der Waals surface area (Å²) in [6, 6.07) is 6.08. The van der Waals surface area contributed by atoms with Crippen LogP contribution in [0, 0.1) is 11.8 Å². The topological polar surface area (TPSA) is 53.5 Å². The smallest absolute Gasteiger partial charge is 0.255 e. The van der Waals surface area contributed by atoms with E-state index >= 15 is 0 Å². The molecule has 0 N–H and O–H groups in total. The number of rotatable bonds is 3. The minimum Gasteiger partial charge on any atom is -0.338 e. The Bertz CT molecular complexity index is 834. The number of pyridine rings is 1. The summed E-state index contributed by atoms with van der Waals surface area (Å²) in [7, 11) is 0. The predicted molar refractivity (Wildman–Crippen MR) is 104 cm³/mol. The van der Waals surface area contributed by atoms with Gasteiger partial charge in [0.15, 0.2) is 0 Å². The first kappa shape index (κ1) is 16.9. The number of fused-ring (bicyclic) bond motifs is 1. The van der Waals surface area contributed by atoms with Crippen LogP contribution in [-0.4, -0.2) is 52.3 Å². The maximum absolute atomic E-state index is 12.9. The molecular formula is C21H23N3O2S. The lowest BCUT2D eigenvalue weighted by molar-refractivity contribution is -0.134. The zero-order valence-electron chi connectivity index (χ0n) is 15.2. The van der Waals surface area contributed by atoms with Gasteiger partial charge in [0.1, 0.15) is 0 Å². The molecule has 3 aliphatic rings. The van der Waals surface area contributed by atoms with Crippen LogP contribution in [0.15, 0.2) is 41.4 Å². The number of carbonyl (C=O) groups is 2. The van der Waals surface area contributed by atoms with Gasteiger partial charge in [0.25, 0.3) is 5.91 Å². The highest BCUT2D eigenvalue weighted by Gasteiger charge is 2.50. The van der Waals surface area contributed by atoms with Crippen LogP contribution in [0.5, 0.6) is 0 Å². The SMILES string of the molecule is O=C(c1cccnc1)N1CC[C@H]2[C@@H](C1)[C@H](c1ccsc1)CN2C(=O)C1CC1. The van der Waals surface area contributed by atoms with Crippen LogP contribution >= 0.6 is 11.3 Å². The molecule has 0 unspecified atom stereocenters. The van der Waals surface area contributed by atoms with Crippen molar-refractivity contribution in [3.63, 3.8) is 0 Å². The lowest BCUT2D eigenvalue weighted by Gasteiger charge is -2.39. The normalized spacial score (nSPS) is 27.5. The van der Waals surface area contributed by atoms with E-state index in [-0.39, 0.29) is 17.9 Å². The highest BCUT2D eigenvalue weighted by atomic mass is 32.1. The quantitative estimate of drug-likeness (QED) is 0.821. The van der Waals surface area contributed by atoms with Crippen molar-refractivity contribution in [1.29, 1.82) is 0 Å². The largest absolute Gasteiger partial charge is 0.338 e. The van der Waals surface area contributed by atoms with Gasteiger partial charge in [-0.1, -0.05) is 0 Å². The zero-order chi connectivity index (χ0) is 18.4. The Kier molecular flexibility index (Phi) is 4.23. The summed E-state index contributed by atoms with van der Waals surface area (Å²) < 4.78 is 0. The molecule has 6 heteroatoms. The molecule has 1 aliphatic carbocycles. The van der Waals surface area contributed by atoms with Crippen LogP contribution in [-0.2, 0) is 4.79 Å². The fourth-order valence-corrected chi connectivity index (χ4v) is 5.47. The van der Waals surface area contributed by atoms with Gasteiger partial charge >= 0.3 is 0 Å². The number of likely N-dealkylation sites (tertiary alicyclic amines) is 2. The molecule has 4 heterocycles. The number of thiophene rings is 1. The Labute approximate surface area is 163 Å². The van der Waals surface area contributed by atoms with E-state index in [1.54, 1.807) is 29.8 Å². The fourth-order valence-electron chi connectivity index (χ4n) is 4.75. The molecule has 0 bridgehead atoms. The van der Waals surface area contributed by atoms with Crippen LogP contribution in [0.1, 0.15) is 41.1 Å². The van der Waals surface area contributed by atoms with Gasteiger partial charge in [-0.05, 0) is 53.8 Å². The molecule has 1 saturated carbocycles. The Morgan fingerprint density at radius 3 is 2.74 bits per heavy atom. The summed E-state index contributed by atoms with van der Waals surface area (Å²) in [6.07, 6.45) is 6.29. The Morgan fingerprint density at radius 2 is 2.04 bits per heavy atom. The number of hydrogen-bond donors (Lipinski definition) is 0. The molecule has 5 rings (SSSR count). The lowest BCUT2D eigenvalue weighted by Crippen LogP contribution is -2.50. The third kappa shape index (κ3) is 3.06. The molecule has 2 aromatic heterocycles. The van der Waals surface area contributed by atoms with E-state index in [4.69, 9.17) is 0 Å². The molecule has 2 aliphatic heterocycles. The van der Waals surface area contributed by atoms with Crippen molar-refractivity contribution in [3.05, 3.63) is 52.5 Å². The highest BCUT2D eigenvalue weighted by molar-refractivity contribution is 7.08. The monoisotopic (exact) mass is 381 g/mol. The third-order valence-electron chi connectivity index (χ3n) is 6.31. The molecule has 0 spiro atoms. The number of amides is 2. The average molecular weight is 382 g/mol. The second kappa shape index (κ2) is 6.75. The molecular weight excluding hydrogens is 358 g/mol. The third-order valence-corrected chi connectivity index (χ3v) is 7.01. The number of hydrogen-bond acceptors (Lipinski definition) is 4. The lowest BCUT2D eigenvalue weighted by atomic mass is 9.82. The molecule has 3 fully saturated rings. The van der Waals surface area contributed by atoms with Crippen molar-refractivity contribution in [1.82, 2.24) is 14.8 Å². The molecule has 140 valence electrons. The van der Waals surface area contributed by atoms with Gasteiger partial charge in [0.05, 0.1) is 5.56 Å². The van der Waals surface area contributed by atoms with Crippen molar-refractivity contribution in [2.24, 2.45) is 11.8 Å². The van der Waals surface area contributed by atoms with Crippen LogP contribution in [0.3, 0.4) is 0 Å². The standard InChI is InChI=1S/C21H23N3O2S/c25-20(15-2-1-7-22-10-15)23-8-5-19-18(11-23)17(16-6-9-27-13-16)12-24(19)21(26)14-3-4-14/h1-2,6-7,9-10,13-14,17-19H,3-5,8,11-12H2/t17-,18-,19-/m0/s1. The molecule has 27 heavy (non-hydrogen) atoms. The van der Waals surface area contributed by atoms with Gasteiger partial charge in [-0.3, -0.25) is 14.6 Å². The average Bonchev–Trinajstić information content (AvgIpc) is 3.29. The van der Waals surface area contributed by atoms with E-state index in [0.717, 1.165) is 25.8 Å². The summed E-state index contributed by atoms with van der Waals surface area (Å²) in [5.74, 6) is 1.29. The zero-order valence-corrected chi connectivity index (χ0v) is 16.0. The van der Waals surface area contributed by atoms with E-state index in [1.165, 1.54) is 5.56 Å². The second-order valence-corrected chi connectivity index (χ2v) is 8.72. The molecule has 2 amide bonds. The first-order valence-corrected chi connectivity index (χ1v) is 10.7. The van der Waals surface area contributed by atoms with E-state index in [2.05, 4.69) is 26.7 Å². The van der Waals surface area contributed by atoms with Crippen molar-refractivity contribution in [2.45, 2.75) is 31.2 Å². The van der Waals surface area contributed by atoms with Crippen molar-refractivity contribution >= 4 is 23.2 Å². The molecule has 3 atom stereocenters. The van der Waals surface area contributed by atoms with Gasteiger partial charge in [-0.25, -0.2) is 0 Å². The van der Waals surface area contributed by atoms with E-state index in [9.17, 15) is 9.59 Å². The van der Waals surface area contributed by atoms with Gasteiger partial charge < -0.3 is 9.80 Å². The second-order valence-electron chi connectivity index (χ2n) is 7.94. The first-order valence-electron chi connectivity index (χ1n) is 9.74. The molecule has 0 radical (unpaired) electrons. The maximum Gasteiger partial charge on any atom is 0.255 e. The van der Waals surface area contributed by atoms with Crippen LogP contribution in [0.25, 0.3) is 0 Å². The highest BCUT2D eigenvalue weighted by Crippen LogP contribution is 2.44. The molecule has 5 nitrogen and oxygen atoms in total. The van der Waals surface area contributed by atoms with Gasteiger partial charge in [0, 0.05) is 55.8 Å². The Morgan fingerprint density at radius 1 is 1.15 bits per heavy atom. The Balaban J connectivity index is 1.40. The number of carbonyl (C=O) groups excluding carboxylic acids is 2. The van der Waals surface area contributed by atoms with Crippen molar-refractivity contribution < 1.29 is 9.59 Å². The first-order chi connectivity index (χ1) is 13.2. The van der Waals surface area contributed by atoms with Crippen LogP contribution in [0.4, 0.5) is 0 Å². The minimum absolute atomic E-state index is 0.0533. The number of nitrogens with zero attached hydrogens (tertiary/aromatic N) is 3. The summed E-state index contributed by atoms with van der Waals surface area (Å²) >= 11 is 1.71. The van der Waals surface area contributed by atoms with E-state index < -0.39 is 0 Å². The van der Waals surface area contributed by atoms with Gasteiger partial charge in [-0.15, -0.1) is 0 Å². The molecule has 2 saturated heterocycles. The number of aromatic nitrogens is 1. The van der Waals surface area contributed by atoms with Gasteiger partial charge in [-0.2, -0.15) is 11.3 Å². The van der Waals surface area contributed by atoms with Crippen LogP contribution < -0.4 is 0 Å². The molecule has 0 aromatic carbocycles. The summed E-state index contributed by atoms with van der Waals surface area (Å²) in [5, 5.41) is 4.31. The summed E-state index contributed by atoms with van der Waals surface area (Å²) in [6.45, 7) is 2.23. The maximum atomic E-state index is 12.9. The Hall–Kier alpha value is -2.21. The summed E-state index contributed by atoms with van der Waals surface area (Å²) in [5.41, 5.74) is 1.96. The van der Waals surface area contributed by atoms with Crippen LogP contribution in [0.2, 0.25) is 0 Å². The predicted octanol–water partition coefficient (Wildman–Crippen LogP) is 3.01. The minimum atomic E-state index is 0.0533. The van der Waals surface area contributed by atoms with Crippen molar-refractivity contribution in [2.75, 3.05) is 19.6 Å². The van der Waals surface area contributed by atoms with Gasteiger partial charge in [0.2, 0.25) is 5.91 Å². The molecule has 2 aromatic rings. The van der Waals surface area contributed by atoms with E-state index in [1.807, 2.05) is 11.0 Å².